The van der Waals surface area contributed by atoms with Crippen molar-refractivity contribution in [3.05, 3.63) is 57.6 Å². The highest BCUT2D eigenvalue weighted by atomic mass is 79.9. The average molecular weight is 334 g/mol. The van der Waals surface area contributed by atoms with Gasteiger partial charge in [-0.1, -0.05) is 28.1 Å². The van der Waals surface area contributed by atoms with Gasteiger partial charge in [-0.05, 0) is 60.2 Å². The van der Waals surface area contributed by atoms with Gasteiger partial charge in [0, 0.05) is 20.8 Å². The number of halogens is 1. The Morgan fingerprint density at radius 1 is 1.05 bits per heavy atom. The highest BCUT2D eigenvalue weighted by Gasteiger charge is 2.11. The fourth-order valence-electron chi connectivity index (χ4n) is 2.50. The number of anilines is 1. The SMILES string of the molecule is Nc1cc(Br)ccc1CSc1ccc2c(c1)CCC2. The Morgan fingerprint density at radius 3 is 2.74 bits per heavy atom. The number of benzene rings is 2. The number of aryl methyl sites for hydroxylation is 2. The molecule has 1 nitrogen and oxygen atoms in total. The van der Waals surface area contributed by atoms with E-state index in [2.05, 4.69) is 46.3 Å². The van der Waals surface area contributed by atoms with E-state index in [9.17, 15) is 0 Å². The molecule has 0 fully saturated rings. The molecule has 1 aliphatic rings. The van der Waals surface area contributed by atoms with Gasteiger partial charge in [-0.2, -0.15) is 0 Å². The Morgan fingerprint density at radius 2 is 1.89 bits per heavy atom. The fourth-order valence-corrected chi connectivity index (χ4v) is 3.85. The second kappa shape index (κ2) is 5.59. The standard InChI is InChI=1S/C16H16BrNS/c17-14-6-4-13(16(18)9-14)10-19-15-7-5-11-2-1-3-12(11)8-15/h4-9H,1-3,10,18H2. The van der Waals surface area contributed by atoms with Crippen molar-refractivity contribution in [2.45, 2.75) is 29.9 Å². The Labute approximate surface area is 126 Å². The maximum atomic E-state index is 6.03. The van der Waals surface area contributed by atoms with Gasteiger partial charge in [0.15, 0.2) is 0 Å². The minimum absolute atomic E-state index is 0.864. The Bertz CT molecular complexity index is 610. The first-order valence-corrected chi connectivity index (χ1v) is 8.29. The highest BCUT2D eigenvalue weighted by Crippen LogP contribution is 2.31. The first-order valence-electron chi connectivity index (χ1n) is 6.51. The molecule has 1 aliphatic carbocycles. The lowest BCUT2D eigenvalue weighted by atomic mass is 10.1. The van der Waals surface area contributed by atoms with E-state index in [4.69, 9.17) is 5.73 Å². The molecule has 3 rings (SSSR count). The van der Waals surface area contributed by atoms with Gasteiger partial charge in [-0.25, -0.2) is 0 Å². The van der Waals surface area contributed by atoms with Crippen LogP contribution in [0.1, 0.15) is 23.1 Å². The number of thioether (sulfide) groups is 1. The van der Waals surface area contributed by atoms with Crippen LogP contribution in [0.4, 0.5) is 5.69 Å². The minimum Gasteiger partial charge on any atom is -0.398 e. The third-order valence-electron chi connectivity index (χ3n) is 3.57. The molecule has 19 heavy (non-hydrogen) atoms. The largest absolute Gasteiger partial charge is 0.398 e. The van der Waals surface area contributed by atoms with Crippen LogP contribution in [0.2, 0.25) is 0 Å². The zero-order valence-corrected chi connectivity index (χ0v) is 13.1. The summed E-state index contributed by atoms with van der Waals surface area (Å²) in [7, 11) is 0. The number of rotatable bonds is 3. The van der Waals surface area contributed by atoms with Crippen molar-refractivity contribution in [1.29, 1.82) is 0 Å². The van der Waals surface area contributed by atoms with E-state index < -0.39 is 0 Å². The summed E-state index contributed by atoms with van der Waals surface area (Å²) in [4.78, 5) is 1.35. The van der Waals surface area contributed by atoms with Crippen molar-refractivity contribution in [3.63, 3.8) is 0 Å². The van der Waals surface area contributed by atoms with Gasteiger partial charge < -0.3 is 5.73 Å². The van der Waals surface area contributed by atoms with Crippen LogP contribution in [-0.4, -0.2) is 0 Å². The molecule has 0 aliphatic heterocycles. The van der Waals surface area contributed by atoms with Crippen molar-refractivity contribution >= 4 is 33.4 Å². The Hall–Kier alpha value is -0.930. The van der Waals surface area contributed by atoms with Gasteiger partial charge in [-0.3, -0.25) is 0 Å². The summed E-state index contributed by atoms with van der Waals surface area (Å²) in [5.74, 6) is 0.928. The Kier molecular flexibility index (Phi) is 3.85. The summed E-state index contributed by atoms with van der Waals surface area (Å²) in [6.07, 6.45) is 3.80. The molecule has 0 amide bonds. The lowest BCUT2D eigenvalue weighted by molar-refractivity contribution is 0.911. The van der Waals surface area contributed by atoms with Crippen LogP contribution in [0.15, 0.2) is 45.8 Å². The molecular weight excluding hydrogens is 318 g/mol. The van der Waals surface area contributed by atoms with E-state index in [1.165, 1.54) is 40.8 Å². The van der Waals surface area contributed by atoms with Crippen LogP contribution in [-0.2, 0) is 18.6 Å². The molecule has 0 heterocycles. The minimum atomic E-state index is 0.864. The molecule has 0 aromatic heterocycles. The average Bonchev–Trinajstić information content (AvgIpc) is 2.85. The first kappa shape index (κ1) is 13.1. The third kappa shape index (κ3) is 2.98. The molecule has 2 aromatic rings. The summed E-state index contributed by atoms with van der Waals surface area (Å²) in [6.45, 7) is 0. The van der Waals surface area contributed by atoms with Crippen molar-refractivity contribution in [1.82, 2.24) is 0 Å². The smallest absolute Gasteiger partial charge is 0.0366 e. The molecule has 0 spiro atoms. The fraction of sp³-hybridized carbons (Fsp3) is 0.250. The van der Waals surface area contributed by atoms with Crippen molar-refractivity contribution in [2.24, 2.45) is 0 Å². The van der Waals surface area contributed by atoms with Crippen LogP contribution in [0.5, 0.6) is 0 Å². The Balaban J connectivity index is 1.72. The van der Waals surface area contributed by atoms with Gasteiger partial charge in [0.25, 0.3) is 0 Å². The molecular formula is C16H16BrNS. The van der Waals surface area contributed by atoms with Gasteiger partial charge in [0.2, 0.25) is 0 Å². The third-order valence-corrected chi connectivity index (χ3v) is 5.11. The van der Waals surface area contributed by atoms with E-state index >= 15 is 0 Å². The molecule has 98 valence electrons. The van der Waals surface area contributed by atoms with Crippen molar-refractivity contribution in [2.75, 3.05) is 5.73 Å². The van der Waals surface area contributed by atoms with Gasteiger partial charge in [0.05, 0.1) is 0 Å². The highest BCUT2D eigenvalue weighted by molar-refractivity contribution is 9.10. The molecule has 0 saturated carbocycles. The predicted molar refractivity (Wildman–Crippen MR) is 86.6 cm³/mol. The summed E-state index contributed by atoms with van der Waals surface area (Å²) in [6, 6.07) is 13.0. The predicted octanol–water partition coefficient (Wildman–Crippen LogP) is 4.81. The van der Waals surface area contributed by atoms with Crippen LogP contribution >= 0.6 is 27.7 Å². The van der Waals surface area contributed by atoms with Crippen LogP contribution in [0.25, 0.3) is 0 Å². The maximum Gasteiger partial charge on any atom is 0.0366 e. The molecule has 2 N–H and O–H groups in total. The van der Waals surface area contributed by atoms with E-state index in [1.807, 2.05) is 17.8 Å². The number of hydrogen-bond acceptors (Lipinski definition) is 2. The second-order valence-corrected chi connectivity index (χ2v) is 6.88. The zero-order chi connectivity index (χ0) is 13.2. The van der Waals surface area contributed by atoms with Crippen molar-refractivity contribution < 1.29 is 0 Å². The molecule has 0 unspecified atom stereocenters. The lowest BCUT2D eigenvalue weighted by Gasteiger charge is -2.07. The van der Waals surface area contributed by atoms with Gasteiger partial charge >= 0.3 is 0 Å². The first-order chi connectivity index (χ1) is 9.22. The molecule has 2 aromatic carbocycles. The summed E-state index contributed by atoms with van der Waals surface area (Å²) in [5, 5.41) is 0. The number of hydrogen-bond donors (Lipinski definition) is 1. The molecule has 0 radical (unpaired) electrons. The molecule has 3 heteroatoms. The normalized spacial score (nSPS) is 13.5. The van der Waals surface area contributed by atoms with Gasteiger partial charge in [0.1, 0.15) is 0 Å². The summed E-state index contributed by atoms with van der Waals surface area (Å²) < 4.78 is 1.04. The van der Waals surface area contributed by atoms with Crippen LogP contribution in [0.3, 0.4) is 0 Å². The topological polar surface area (TPSA) is 26.0 Å². The summed E-state index contributed by atoms with van der Waals surface area (Å²) in [5.41, 5.74) is 11.2. The van der Waals surface area contributed by atoms with E-state index in [1.54, 1.807) is 0 Å². The quantitative estimate of drug-likeness (QED) is 0.644. The number of fused-ring (bicyclic) bond motifs is 1. The molecule has 0 atom stereocenters. The van der Waals surface area contributed by atoms with E-state index in [0.29, 0.717) is 0 Å². The number of nitrogens with two attached hydrogens (primary N) is 1. The number of nitrogen functional groups attached to an aromatic ring is 1. The lowest BCUT2D eigenvalue weighted by Crippen LogP contribution is -1.92. The molecule has 0 bridgehead atoms. The second-order valence-electron chi connectivity index (χ2n) is 4.92. The van der Waals surface area contributed by atoms with E-state index in [-0.39, 0.29) is 0 Å². The van der Waals surface area contributed by atoms with Crippen molar-refractivity contribution in [3.8, 4) is 0 Å². The van der Waals surface area contributed by atoms with Crippen LogP contribution < -0.4 is 5.73 Å². The molecule has 0 saturated heterocycles. The van der Waals surface area contributed by atoms with Gasteiger partial charge in [-0.15, -0.1) is 11.8 Å². The van der Waals surface area contributed by atoms with Crippen LogP contribution in [0, 0.1) is 0 Å². The monoisotopic (exact) mass is 333 g/mol. The summed E-state index contributed by atoms with van der Waals surface area (Å²) >= 11 is 5.30. The maximum absolute atomic E-state index is 6.03. The zero-order valence-electron chi connectivity index (χ0n) is 10.7. The van der Waals surface area contributed by atoms with E-state index in [0.717, 1.165) is 15.9 Å².